The molecule has 2 amide bonds. The molecule has 0 aliphatic carbocycles. The van der Waals surface area contributed by atoms with Crippen molar-refractivity contribution >= 4 is 34.6 Å². The molecule has 3 N–H and O–H groups in total. The monoisotopic (exact) mass is 474 g/mol. The van der Waals surface area contributed by atoms with Gasteiger partial charge >= 0.3 is 0 Å². The molecule has 174 valence electrons. The van der Waals surface area contributed by atoms with Gasteiger partial charge in [-0.1, -0.05) is 54.2 Å². The predicted molar refractivity (Wildman–Crippen MR) is 134 cm³/mol. The predicted octanol–water partition coefficient (Wildman–Crippen LogP) is 4.65. The zero-order valence-corrected chi connectivity index (χ0v) is 19.7. The number of aromatic nitrogens is 2. The van der Waals surface area contributed by atoms with Crippen molar-refractivity contribution in [3.05, 3.63) is 89.5 Å². The van der Waals surface area contributed by atoms with Crippen molar-refractivity contribution in [1.82, 2.24) is 20.8 Å². The van der Waals surface area contributed by atoms with Crippen LogP contribution in [-0.2, 0) is 17.0 Å². The lowest BCUT2D eigenvalue weighted by Crippen LogP contribution is -2.41. The maximum Gasteiger partial charge on any atom is 0.269 e. The molecule has 1 aromatic heterocycles. The molecule has 8 heteroatoms. The molecule has 0 aliphatic rings. The Morgan fingerprint density at radius 3 is 2.53 bits per heavy atom. The topological polar surface area (TPSA) is 96.1 Å². The minimum Gasteiger partial charge on any atom is -0.494 e. The highest BCUT2D eigenvalue weighted by Gasteiger charge is 2.10. The van der Waals surface area contributed by atoms with Crippen LogP contribution < -0.4 is 15.6 Å². The number of aryl methyl sites for hydroxylation is 1. The van der Waals surface area contributed by atoms with E-state index in [4.69, 9.17) is 4.74 Å². The van der Waals surface area contributed by atoms with Gasteiger partial charge in [-0.15, -0.1) is 0 Å². The molecule has 0 bridgehead atoms. The lowest BCUT2D eigenvalue weighted by Gasteiger charge is -2.11. The number of aromatic amines is 1. The lowest BCUT2D eigenvalue weighted by molar-refractivity contribution is -0.121. The van der Waals surface area contributed by atoms with E-state index in [0.29, 0.717) is 18.6 Å². The number of para-hydroxylation sites is 3. The normalized spacial score (nSPS) is 10.7. The van der Waals surface area contributed by atoms with Crippen LogP contribution in [0.25, 0.3) is 11.0 Å². The van der Waals surface area contributed by atoms with Crippen molar-refractivity contribution in [3.8, 4) is 5.75 Å². The first kappa shape index (κ1) is 23.4. The molecular weight excluding hydrogens is 448 g/mol. The Morgan fingerprint density at radius 2 is 1.74 bits per heavy atom. The third-order valence-corrected chi connectivity index (χ3v) is 6.11. The SMILES string of the molecule is CCOc1ccccc1CCC(=O)NNC(=O)c1ccc(CSc2nc3ccccc3[nH]2)cc1. The van der Waals surface area contributed by atoms with Gasteiger partial charge < -0.3 is 9.72 Å². The summed E-state index contributed by atoms with van der Waals surface area (Å²) in [7, 11) is 0. The Bertz CT molecular complexity index is 1240. The number of ether oxygens (including phenoxy) is 1. The van der Waals surface area contributed by atoms with Gasteiger partial charge in [0, 0.05) is 17.7 Å². The number of rotatable bonds is 9. The molecule has 1 heterocycles. The van der Waals surface area contributed by atoms with Gasteiger partial charge in [0.2, 0.25) is 5.91 Å². The summed E-state index contributed by atoms with van der Waals surface area (Å²) in [6.45, 7) is 2.49. The molecule has 0 unspecified atom stereocenters. The van der Waals surface area contributed by atoms with Gasteiger partial charge in [0.05, 0.1) is 17.6 Å². The minimum atomic E-state index is -0.362. The van der Waals surface area contributed by atoms with E-state index in [-0.39, 0.29) is 18.2 Å². The Hall–Kier alpha value is -3.78. The van der Waals surface area contributed by atoms with E-state index in [1.807, 2.05) is 67.6 Å². The lowest BCUT2D eigenvalue weighted by atomic mass is 10.1. The average Bonchev–Trinajstić information content (AvgIpc) is 3.29. The number of thioether (sulfide) groups is 1. The summed E-state index contributed by atoms with van der Waals surface area (Å²) < 4.78 is 5.58. The molecule has 0 spiro atoms. The van der Waals surface area contributed by atoms with Crippen molar-refractivity contribution in [1.29, 1.82) is 0 Å². The maximum absolute atomic E-state index is 12.4. The van der Waals surface area contributed by atoms with Crippen molar-refractivity contribution in [2.75, 3.05) is 6.61 Å². The maximum atomic E-state index is 12.4. The van der Waals surface area contributed by atoms with Crippen LogP contribution in [0.1, 0.15) is 34.8 Å². The van der Waals surface area contributed by atoms with Gasteiger partial charge in [-0.3, -0.25) is 20.4 Å². The number of hydrogen-bond acceptors (Lipinski definition) is 5. The second-order valence-corrected chi connectivity index (χ2v) is 8.55. The third-order valence-electron chi connectivity index (χ3n) is 5.17. The van der Waals surface area contributed by atoms with Crippen LogP contribution in [0, 0.1) is 0 Å². The van der Waals surface area contributed by atoms with E-state index in [1.165, 1.54) is 0 Å². The number of amides is 2. The molecule has 34 heavy (non-hydrogen) atoms. The summed E-state index contributed by atoms with van der Waals surface area (Å²) in [5.74, 6) is 0.875. The summed E-state index contributed by atoms with van der Waals surface area (Å²) in [6.07, 6.45) is 0.762. The number of hydrazine groups is 1. The molecule has 0 fully saturated rings. The van der Waals surface area contributed by atoms with Crippen molar-refractivity contribution in [2.45, 2.75) is 30.7 Å². The number of H-pyrrole nitrogens is 1. The Kier molecular flexibility index (Phi) is 7.83. The van der Waals surface area contributed by atoms with Crippen LogP contribution in [0.4, 0.5) is 0 Å². The number of fused-ring (bicyclic) bond motifs is 1. The summed E-state index contributed by atoms with van der Waals surface area (Å²) in [5.41, 5.74) is 9.41. The van der Waals surface area contributed by atoms with E-state index < -0.39 is 0 Å². The Morgan fingerprint density at radius 1 is 0.971 bits per heavy atom. The zero-order valence-electron chi connectivity index (χ0n) is 18.8. The third kappa shape index (κ3) is 6.17. The highest BCUT2D eigenvalue weighted by molar-refractivity contribution is 7.98. The molecule has 3 aromatic carbocycles. The smallest absolute Gasteiger partial charge is 0.269 e. The van der Waals surface area contributed by atoms with E-state index in [2.05, 4.69) is 20.8 Å². The van der Waals surface area contributed by atoms with Crippen molar-refractivity contribution in [2.24, 2.45) is 0 Å². The van der Waals surface area contributed by atoms with Crippen LogP contribution >= 0.6 is 11.8 Å². The molecule has 7 nitrogen and oxygen atoms in total. The first-order valence-electron chi connectivity index (χ1n) is 11.1. The molecule has 4 rings (SSSR count). The summed E-state index contributed by atoms with van der Waals surface area (Å²) in [5, 5.41) is 0.856. The summed E-state index contributed by atoms with van der Waals surface area (Å²) in [4.78, 5) is 32.4. The fourth-order valence-corrected chi connectivity index (χ4v) is 4.26. The molecular formula is C26H26N4O3S. The van der Waals surface area contributed by atoms with Crippen LogP contribution in [0.15, 0.2) is 78.0 Å². The fraction of sp³-hybridized carbons (Fsp3) is 0.192. The molecule has 0 saturated carbocycles. The van der Waals surface area contributed by atoms with E-state index in [1.54, 1.807) is 23.9 Å². The molecule has 0 radical (unpaired) electrons. The average molecular weight is 475 g/mol. The summed E-state index contributed by atoms with van der Waals surface area (Å²) in [6, 6.07) is 22.8. The van der Waals surface area contributed by atoms with Gasteiger partial charge in [-0.25, -0.2) is 4.98 Å². The van der Waals surface area contributed by atoms with Gasteiger partial charge in [0.15, 0.2) is 5.16 Å². The highest BCUT2D eigenvalue weighted by Crippen LogP contribution is 2.23. The van der Waals surface area contributed by atoms with E-state index in [0.717, 1.165) is 38.8 Å². The number of hydrogen-bond donors (Lipinski definition) is 3. The van der Waals surface area contributed by atoms with Crippen LogP contribution in [0.5, 0.6) is 5.75 Å². The number of imidazole rings is 1. The van der Waals surface area contributed by atoms with Gasteiger partial charge in [-0.2, -0.15) is 0 Å². The standard InChI is InChI=1S/C26H26N4O3S/c1-2-33-23-10-6-3-7-19(23)15-16-24(31)29-30-25(32)20-13-11-18(12-14-20)17-34-26-27-21-8-4-5-9-22(21)28-26/h3-14H,2,15-17H2,1H3,(H,27,28)(H,29,31)(H,30,32). The van der Waals surface area contributed by atoms with Gasteiger partial charge in [0.1, 0.15) is 5.75 Å². The largest absolute Gasteiger partial charge is 0.494 e. The Labute approximate surface area is 202 Å². The molecule has 0 atom stereocenters. The molecule has 0 aliphatic heterocycles. The summed E-state index contributed by atoms with van der Waals surface area (Å²) >= 11 is 1.60. The van der Waals surface area contributed by atoms with Gasteiger partial charge in [0.25, 0.3) is 5.91 Å². The second-order valence-electron chi connectivity index (χ2n) is 7.59. The van der Waals surface area contributed by atoms with E-state index >= 15 is 0 Å². The van der Waals surface area contributed by atoms with Crippen molar-refractivity contribution in [3.63, 3.8) is 0 Å². The molecule has 4 aromatic rings. The Balaban J connectivity index is 1.23. The first-order chi connectivity index (χ1) is 16.6. The highest BCUT2D eigenvalue weighted by atomic mass is 32.2. The number of benzene rings is 3. The fourth-order valence-electron chi connectivity index (χ4n) is 3.42. The number of nitrogens with zero attached hydrogens (tertiary/aromatic N) is 1. The van der Waals surface area contributed by atoms with Crippen molar-refractivity contribution < 1.29 is 14.3 Å². The van der Waals surface area contributed by atoms with Crippen LogP contribution in [0.3, 0.4) is 0 Å². The zero-order chi connectivity index (χ0) is 23.8. The number of carbonyl (C=O) groups is 2. The first-order valence-corrected chi connectivity index (χ1v) is 12.1. The van der Waals surface area contributed by atoms with E-state index in [9.17, 15) is 9.59 Å². The molecule has 0 saturated heterocycles. The quantitative estimate of drug-likeness (QED) is 0.242. The minimum absolute atomic E-state index is 0.238. The number of carbonyl (C=O) groups excluding carboxylic acids is 2. The van der Waals surface area contributed by atoms with Gasteiger partial charge in [-0.05, 0) is 54.8 Å². The second kappa shape index (κ2) is 11.4. The van der Waals surface area contributed by atoms with Crippen LogP contribution in [0.2, 0.25) is 0 Å². The van der Waals surface area contributed by atoms with Crippen LogP contribution in [-0.4, -0.2) is 28.4 Å². The number of nitrogens with one attached hydrogen (secondary N) is 3.